The molecule has 3 N–H and O–H groups in total. The number of nitrogens with two attached hydrogens (primary N) is 1. The van der Waals surface area contributed by atoms with Crippen molar-refractivity contribution < 1.29 is 9.53 Å². The van der Waals surface area contributed by atoms with E-state index in [1.54, 1.807) is 25.3 Å². The molecule has 1 fully saturated rings. The number of benzene rings is 1. The van der Waals surface area contributed by atoms with E-state index in [0.717, 1.165) is 13.0 Å². The Morgan fingerprint density at radius 3 is 2.95 bits per heavy atom. The van der Waals surface area contributed by atoms with Gasteiger partial charge in [0.25, 0.3) is 5.91 Å². The number of carbonyl (C=O) groups is 1. The molecule has 5 heteroatoms. The van der Waals surface area contributed by atoms with Gasteiger partial charge in [0.05, 0.1) is 12.8 Å². The summed E-state index contributed by atoms with van der Waals surface area (Å²) < 4.78 is 5.09. The van der Waals surface area contributed by atoms with Crippen molar-refractivity contribution >= 4 is 11.6 Å². The summed E-state index contributed by atoms with van der Waals surface area (Å²) in [7, 11) is 3.67. The third kappa shape index (κ3) is 3.42. The number of methoxy groups -OCH3 is 1. The van der Waals surface area contributed by atoms with Gasteiger partial charge in [-0.3, -0.25) is 4.79 Å². The van der Waals surface area contributed by atoms with E-state index >= 15 is 0 Å². The van der Waals surface area contributed by atoms with Gasteiger partial charge < -0.3 is 20.7 Å². The van der Waals surface area contributed by atoms with Crippen molar-refractivity contribution in [3.63, 3.8) is 0 Å². The molecule has 1 unspecified atom stereocenters. The minimum absolute atomic E-state index is 0.0849. The molecular weight excluding hydrogens is 254 g/mol. The summed E-state index contributed by atoms with van der Waals surface area (Å²) in [6, 6.07) is 5.54. The molecule has 1 amide bonds. The first-order valence-corrected chi connectivity index (χ1v) is 7.03. The molecule has 0 bridgehead atoms. The molecule has 0 aliphatic carbocycles. The molecule has 1 aliphatic rings. The smallest absolute Gasteiger partial charge is 0.251 e. The first-order valence-electron chi connectivity index (χ1n) is 7.03. The van der Waals surface area contributed by atoms with Gasteiger partial charge in [0.2, 0.25) is 0 Å². The van der Waals surface area contributed by atoms with Crippen molar-refractivity contribution in [1.29, 1.82) is 0 Å². The Bertz CT molecular complexity index is 476. The normalized spacial score (nSPS) is 19.6. The van der Waals surface area contributed by atoms with Crippen LogP contribution in [0, 0.1) is 0 Å². The maximum atomic E-state index is 12.1. The van der Waals surface area contributed by atoms with Crippen LogP contribution in [0.25, 0.3) is 0 Å². The first kappa shape index (κ1) is 14.7. The van der Waals surface area contributed by atoms with Crippen LogP contribution in [-0.2, 0) is 0 Å². The van der Waals surface area contributed by atoms with Gasteiger partial charge in [-0.15, -0.1) is 0 Å². The van der Waals surface area contributed by atoms with E-state index in [-0.39, 0.29) is 5.91 Å². The van der Waals surface area contributed by atoms with E-state index in [1.807, 2.05) is 0 Å². The predicted octanol–water partition coefficient (Wildman–Crippen LogP) is 1.49. The fourth-order valence-corrected chi connectivity index (χ4v) is 2.59. The van der Waals surface area contributed by atoms with Crippen molar-refractivity contribution in [2.75, 3.05) is 33.0 Å². The Kier molecular flexibility index (Phi) is 4.84. The zero-order valence-corrected chi connectivity index (χ0v) is 12.2. The maximum Gasteiger partial charge on any atom is 0.251 e. The Morgan fingerprint density at radius 1 is 1.50 bits per heavy atom. The number of nitrogen functional groups attached to an aromatic ring is 1. The molecule has 1 aromatic carbocycles. The standard InChI is InChI=1S/C15H23N3O2/c1-18-8-4-3-5-12(18)10-17-15(19)11-6-7-14(20-2)13(16)9-11/h6-7,9,12H,3-5,8,10,16H2,1-2H3,(H,17,19). The van der Waals surface area contributed by atoms with E-state index in [1.165, 1.54) is 12.8 Å². The van der Waals surface area contributed by atoms with Gasteiger partial charge in [-0.05, 0) is 44.6 Å². The van der Waals surface area contributed by atoms with Crippen LogP contribution in [-0.4, -0.2) is 44.1 Å². The van der Waals surface area contributed by atoms with Crippen LogP contribution in [0.3, 0.4) is 0 Å². The third-order valence-corrected chi connectivity index (χ3v) is 3.91. The SMILES string of the molecule is COc1ccc(C(=O)NCC2CCCCN2C)cc1N. The molecule has 5 nitrogen and oxygen atoms in total. The summed E-state index contributed by atoms with van der Waals surface area (Å²) >= 11 is 0. The van der Waals surface area contributed by atoms with Gasteiger partial charge in [-0.1, -0.05) is 6.42 Å². The van der Waals surface area contributed by atoms with Crippen LogP contribution in [0.5, 0.6) is 5.75 Å². The van der Waals surface area contributed by atoms with E-state index < -0.39 is 0 Å². The average molecular weight is 277 g/mol. The van der Waals surface area contributed by atoms with Gasteiger partial charge >= 0.3 is 0 Å². The number of nitrogens with one attached hydrogen (secondary N) is 1. The van der Waals surface area contributed by atoms with Crippen LogP contribution < -0.4 is 15.8 Å². The van der Waals surface area contributed by atoms with E-state index in [9.17, 15) is 4.79 Å². The maximum absolute atomic E-state index is 12.1. The first-order chi connectivity index (χ1) is 9.61. The molecule has 0 saturated carbocycles. The predicted molar refractivity (Wildman–Crippen MR) is 80.0 cm³/mol. The number of anilines is 1. The van der Waals surface area contributed by atoms with Gasteiger partial charge in [0.15, 0.2) is 0 Å². The lowest BCUT2D eigenvalue weighted by Gasteiger charge is -2.32. The van der Waals surface area contributed by atoms with Crippen LogP contribution >= 0.6 is 0 Å². The van der Waals surface area contributed by atoms with Crippen LogP contribution in [0.2, 0.25) is 0 Å². The monoisotopic (exact) mass is 277 g/mol. The topological polar surface area (TPSA) is 67.6 Å². The van der Waals surface area contributed by atoms with Crippen molar-refractivity contribution in [3.8, 4) is 5.75 Å². The summed E-state index contributed by atoms with van der Waals surface area (Å²) in [4.78, 5) is 14.4. The Morgan fingerprint density at radius 2 is 2.30 bits per heavy atom. The number of piperidine rings is 1. The average Bonchev–Trinajstić information content (AvgIpc) is 2.46. The minimum atomic E-state index is -0.0849. The lowest BCUT2D eigenvalue weighted by molar-refractivity contribution is 0.0928. The summed E-state index contributed by atoms with van der Waals surface area (Å²) in [6.45, 7) is 1.79. The quantitative estimate of drug-likeness (QED) is 0.818. The number of carbonyl (C=O) groups excluding carboxylic acids is 1. The van der Waals surface area contributed by atoms with E-state index in [0.29, 0.717) is 29.6 Å². The second-order valence-electron chi connectivity index (χ2n) is 5.30. The number of amides is 1. The molecule has 1 heterocycles. The Hall–Kier alpha value is -1.75. The number of hydrogen-bond acceptors (Lipinski definition) is 4. The zero-order valence-electron chi connectivity index (χ0n) is 12.2. The second-order valence-corrected chi connectivity index (χ2v) is 5.30. The van der Waals surface area contributed by atoms with Gasteiger partial charge in [-0.2, -0.15) is 0 Å². The molecule has 110 valence electrons. The summed E-state index contributed by atoms with van der Waals surface area (Å²) in [5.41, 5.74) is 6.87. The minimum Gasteiger partial charge on any atom is -0.495 e. The third-order valence-electron chi connectivity index (χ3n) is 3.91. The second kappa shape index (κ2) is 6.61. The highest BCUT2D eigenvalue weighted by Crippen LogP contribution is 2.22. The molecule has 1 saturated heterocycles. The van der Waals surface area contributed by atoms with E-state index in [4.69, 9.17) is 10.5 Å². The molecule has 0 radical (unpaired) electrons. The van der Waals surface area contributed by atoms with Crippen LogP contribution in [0.1, 0.15) is 29.6 Å². The number of rotatable bonds is 4. The number of ether oxygens (including phenoxy) is 1. The summed E-state index contributed by atoms with van der Waals surface area (Å²) in [5, 5.41) is 2.99. The molecule has 1 atom stereocenters. The lowest BCUT2D eigenvalue weighted by atomic mass is 10.0. The van der Waals surface area contributed by atoms with Crippen molar-refractivity contribution in [2.24, 2.45) is 0 Å². The Balaban J connectivity index is 1.93. The summed E-state index contributed by atoms with van der Waals surface area (Å²) in [5.74, 6) is 0.506. The molecular formula is C15H23N3O2. The molecule has 0 spiro atoms. The van der Waals surface area contributed by atoms with Gasteiger partial charge in [0.1, 0.15) is 5.75 Å². The fraction of sp³-hybridized carbons (Fsp3) is 0.533. The number of nitrogens with zero attached hydrogens (tertiary/aromatic N) is 1. The molecule has 1 aliphatic heterocycles. The van der Waals surface area contributed by atoms with Crippen LogP contribution in [0.4, 0.5) is 5.69 Å². The summed E-state index contributed by atoms with van der Waals surface area (Å²) in [6.07, 6.45) is 3.62. The largest absolute Gasteiger partial charge is 0.495 e. The highest BCUT2D eigenvalue weighted by Gasteiger charge is 2.19. The highest BCUT2D eigenvalue weighted by atomic mass is 16.5. The highest BCUT2D eigenvalue weighted by molar-refractivity contribution is 5.95. The van der Waals surface area contributed by atoms with Gasteiger partial charge in [-0.25, -0.2) is 0 Å². The number of likely N-dealkylation sites (tertiary alicyclic amines) is 1. The number of hydrogen-bond donors (Lipinski definition) is 2. The molecule has 20 heavy (non-hydrogen) atoms. The van der Waals surface area contributed by atoms with E-state index in [2.05, 4.69) is 17.3 Å². The molecule has 0 aromatic heterocycles. The molecule has 2 rings (SSSR count). The number of likely N-dealkylation sites (N-methyl/N-ethyl adjacent to an activating group) is 1. The zero-order chi connectivity index (χ0) is 14.5. The van der Waals surface area contributed by atoms with Crippen molar-refractivity contribution in [3.05, 3.63) is 23.8 Å². The Labute approximate surface area is 120 Å². The lowest BCUT2D eigenvalue weighted by Crippen LogP contribution is -2.44. The van der Waals surface area contributed by atoms with Gasteiger partial charge in [0, 0.05) is 18.2 Å². The van der Waals surface area contributed by atoms with Crippen molar-refractivity contribution in [1.82, 2.24) is 10.2 Å². The fourth-order valence-electron chi connectivity index (χ4n) is 2.59. The molecule has 1 aromatic rings. The van der Waals surface area contributed by atoms with Crippen LogP contribution in [0.15, 0.2) is 18.2 Å². The van der Waals surface area contributed by atoms with Crippen molar-refractivity contribution in [2.45, 2.75) is 25.3 Å².